The fourth-order valence-electron chi connectivity index (χ4n) is 2.40. The van der Waals surface area contributed by atoms with Gasteiger partial charge >= 0.3 is 0 Å². The molecule has 20 heavy (non-hydrogen) atoms. The van der Waals surface area contributed by atoms with Crippen LogP contribution < -0.4 is 0 Å². The number of carbonyl (C=O) groups is 1. The number of amides is 1. The van der Waals surface area contributed by atoms with E-state index < -0.39 is 5.82 Å². The molecule has 0 N–H and O–H groups in total. The zero-order chi connectivity index (χ0) is 14.1. The van der Waals surface area contributed by atoms with Gasteiger partial charge in [0.05, 0.1) is 5.56 Å². The lowest BCUT2D eigenvalue weighted by molar-refractivity contribution is 0.0728. The number of hydrogen-bond acceptors (Lipinski definition) is 2. The number of halogens is 2. The molecule has 0 unspecified atom stereocenters. The normalized spacial score (nSPS) is 14.0. The van der Waals surface area contributed by atoms with Crippen molar-refractivity contribution >= 4 is 21.8 Å². The fourth-order valence-corrected chi connectivity index (χ4v) is 2.91. The Balaban J connectivity index is 1.90. The third-order valence-corrected chi connectivity index (χ3v) is 4.09. The molecule has 0 fully saturated rings. The Labute approximate surface area is 124 Å². The Kier molecular flexibility index (Phi) is 3.53. The number of benzene rings is 1. The molecule has 1 aromatic heterocycles. The van der Waals surface area contributed by atoms with Crippen molar-refractivity contribution in [1.82, 2.24) is 9.88 Å². The molecule has 1 aliphatic rings. The molecule has 3 rings (SSSR count). The van der Waals surface area contributed by atoms with Crippen molar-refractivity contribution in [3.05, 3.63) is 63.6 Å². The second-order valence-electron chi connectivity index (χ2n) is 4.68. The van der Waals surface area contributed by atoms with Gasteiger partial charge in [0.2, 0.25) is 0 Å². The van der Waals surface area contributed by atoms with Crippen molar-refractivity contribution in [3.8, 4) is 0 Å². The van der Waals surface area contributed by atoms with Crippen molar-refractivity contribution in [2.24, 2.45) is 0 Å². The molecule has 0 saturated carbocycles. The van der Waals surface area contributed by atoms with Crippen LogP contribution in [0.25, 0.3) is 0 Å². The lowest BCUT2D eigenvalue weighted by Gasteiger charge is -2.28. The predicted molar refractivity (Wildman–Crippen MR) is 76.8 cm³/mol. The largest absolute Gasteiger partial charge is 0.334 e. The summed E-state index contributed by atoms with van der Waals surface area (Å²) in [4.78, 5) is 18.4. The smallest absolute Gasteiger partial charge is 0.258 e. The first-order chi connectivity index (χ1) is 9.66. The van der Waals surface area contributed by atoms with Crippen LogP contribution >= 0.6 is 15.9 Å². The first-order valence-electron chi connectivity index (χ1n) is 6.33. The number of nitrogens with zero attached hydrogens (tertiary/aromatic N) is 2. The van der Waals surface area contributed by atoms with Gasteiger partial charge in [-0.25, -0.2) is 4.39 Å². The quantitative estimate of drug-likeness (QED) is 0.802. The highest BCUT2D eigenvalue weighted by molar-refractivity contribution is 9.10. The number of fused-ring (bicyclic) bond motifs is 1. The molecule has 5 heteroatoms. The lowest BCUT2D eigenvalue weighted by atomic mass is 10.0. The zero-order valence-electron chi connectivity index (χ0n) is 10.6. The van der Waals surface area contributed by atoms with Crippen molar-refractivity contribution in [2.45, 2.75) is 13.0 Å². The maximum atomic E-state index is 13.9. The summed E-state index contributed by atoms with van der Waals surface area (Å²) < 4.78 is 14.3. The van der Waals surface area contributed by atoms with Crippen LogP contribution in [0.1, 0.15) is 21.6 Å². The molecule has 0 aliphatic carbocycles. The first kappa shape index (κ1) is 13.2. The topological polar surface area (TPSA) is 33.2 Å². The van der Waals surface area contributed by atoms with Crippen LogP contribution in [0.15, 0.2) is 41.0 Å². The van der Waals surface area contributed by atoms with E-state index in [1.54, 1.807) is 23.2 Å². The van der Waals surface area contributed by atoms with Crippen LogP contribution in [-0.2, 0) is 13.0 Å². The van der Waals surface area contributed by atoms with Gasteiger partial charge in [0, 0.05) is 35.9 Å². The highest BCUT2D eigenvalue weighted by Crippen LogP contribution is 2.24. The van der Waals surface area contributed by atoms with E-state index in [1.807, 2.05) is 12.1 Å². The molecule has 1 aliphatic heterocycles. The average Bonchev–Trinajstić information content (AvgIpc) is 2.46. The van der Waals surface area contributed by atoms with Crippen LogP contribution in [0.5, 0.6) is 0 Å². The van der Waals surface area contributed by atoms with Crippen molar-refractivity contribution in [3.63, 3.8) is 0 Å². The standard InChI is InChI=1S/C15H12BrFN2O/c16-11-4-1-5-12(17)14(11)15(20)19-8-6-13-10(9-19)3-2-7-18-13/h1-5,7H,6,8-9H2. The minimum atomic E-state index is -0.499. The molecule has 0 spiro atoms. The van der Waals surface area contributed by atoms with Crippen LogP contribution in [0.3, 0.4) is 0 Å². The zero-order valence-corrected chi connectivity index (χ0v) is 12.2. The summed E-state index contributed by atoms with van der Waals surface area (Å²) in [6.07, 6.45) is 2.46. The van der Waals surface area contributed by atoms with E-state index in [-0.39, 0.29) is 11.5 Å². The molecular weight excluding hydrogens is 323 g/mol. The molecule has 0 atom stereocenters. The fraction of sp³-hybridized carbons (Fsp3) is 0.200. The van der Waals surface area contributed by atoms with Gasteiger partial charge in [-0.05, 0) is 39.7 Å². The van der Waals surface area contributed by atoms with Gasteiger partial charge in [-0.2, -0.15) is 0 Å². The molecule has 0 radical (unpaired) electrons. The molecular formula is C15H12BrFN2O. The Morgan fingerprint density at radius 1 is 1.30 bits per heavy atom. The van der Waals surface area contributed by atoms with Gasteiger partial charge in [-0.1, -0.05) is 12.1 Å². The van der Waals surface area contributed by atoms with Gasteiger partial charge in [0.25, 0.3) is 5.91 Å². The maximum absolute atomic E-state index is 13.9. The minimum Gasteiger partial charge on any atom is -0.334 e. The van der Waals surface area contributed by atoms with Gasteiger partial charge in [-0.3, -0.25) is 9.78 Å². The third kappa shape index (κ3) is 2.33. The number of aromatic nitrogens is 1. The molecule has 3 nitrogen and oxygen atoms in total. The van der Waals surface area contributed by atoms with E-state index in [0.717, 1.165) is 11.3 Å². The number of hydrogen-bond donors (Lipinski definition) is 0. The van der Waals surface area contributed by atoms with Crippen molar-refractivity contribution in [2.75, 3.05) is 6.54 Å². The van der Waals surface area contributed by atoms with E-state index in [2.05, 4.69) is 20.9 Å². The SMILES string of the molecule is O=C(c1c(F)cccc1Br)N1CCc2ncccc2C1. The second kappa shape index (κ2) is 5.32. The Morgan fingerprint density at radius 3 is 2.95 bits per heavy atom. The van der Waals surface area contributed by atoms with Crippen molar-refractivity contribution < 1.29 is 9.18 Å². The van der Waals surface area contributed by atoms with Gasteiger partial charge in [0.15, 0.2) is 0 Å². The van der Waals surface area contributed by atoms with Crippen LogP contribution in [0.4, 0.5) is 4.39 Å². The minimum absolute atomic E-state index is 0.0971. The molecule has 1 amide bonds. The molecule has 102 valence electrons. The Hall–Kier alpha value is -1.75. The predicted octanol–water partition coefficient (Wildman–Crippen LogP) is 3.18. The van der Waals surface area contributed by atoms with Crippen LogP contribution in [-0.4, -0.2) is 22.3 Å². The number of rotatable bonds is 1. The van der Waals surface area contributed by atoms with Crippen LogP contribution in [0, 0.1) is 5.82 Å². The van der Waals surface area contributed by atoms with E-state index in [9.17, 15) is 9.18 Å². The molecule has 0 saturated heterocycles. The first-order valence-corrected chi connectivity index (χ1v) is 7.12. The highest BCUT2D eigenvalue weighted by Gasteiger charge is 2.25. The van der Waals surface area contributed by atoms with E-state index >= 15 is 0 Å². The number of pyridine rings is 1. The highest BCUT2D eigenvalue weighted by atomic mass is 79.9. The van der Waals surface area contributed by atoms with E-state index in [1.165, 1.54) is 6.07 Å². The molecule has 2 heterocycles. The molecule has 1 aromatic carbocycles. The van der Waals surface area contributed by atoms with E-state index in [0.29, 0.717) is 24.0 Å². The summed E-state index contributed by atoms with van der Waals surface area (Å²) in [5, 5.41) is 0. The Morgan fingerprint density at radius 2 is 2.15 bits per heavy atom. The van der Waals surface area contributed by atoms with Gasteiger partial charge < -0.3 is 4.90 Å². The second-order valence-corrected chi connectivity index (χ2v) is 5.54. The summed E-state index contributed by atoms with van der Waals surface area (Å²) in [5.74, 6) is -0.786. The average molecular weight is 335 g/mol. The molecule has 0 bridgehead atoms. The summed E-state index contributed by atoms with van der Waals surface area (Å²) in [7, 11) is 0. The third-order valence-electron chi connectivity index (χ3n) is 3.43. The maximum Gasteiger partial charge on any atom is 0.258 e. The summed E-state index contributed by atoms with van der Waals surface area (Å²) in [6, 6.07) is 8.36. The molecule has 2 aromatic rings. The summed E-state index contributed by atoms with van der Waals surface area (Å²) in [5.41, 5.74) is 2.14. The monoisotopic (exact) mass is 334 g/mol. The summed E-state index contributed by atoms with van der Waals surface area (Å²) in [6.45, 7) is 1.03. The van der Waals surface area contributed by atoms with E-state index in [4.69, 9.17) is 0 Å². The lowest BCUT2D eigenvalue weighted by Crippen LogP contribution is -2.36. The summed E-state index contributed by atoms with van der Waals surface area (Å²) >= 11 is 3.25. The van der Waals surface area contributed by atoms with Crippen molar-refractivity contribution in [1.29, 1.82) is 0 Å². The van der Waals surface area contributed by atoms with Crippen LogP contribution in [0.2, 0.25) is 0 Å². The number of carbonyl (C=O) groups excluding carboxylic acids is 1. The van der Waals surface area contributed by atoms with Gasteiger partial charge in [-0.15, -0.1) is 0 Å². The van der Waals surface area contributed by atoms with Gasteiger partial charge in [0.1, 0.15) is 5.82 Å². The Bertz CT molecular complexity index is 654.